The van der Waals surface area contributed by atoms with Crippen molar-refractivity contribution in [2.24, 2.45) is 5.73 Å². The maximum absolute atomic E-state index is 12.7. The minimum atomic E-state index is -3.44. The molecule has 0 fully saturated rings. The summed E-state index contributed by atoms with van der Waals surface area (Å²) >= 11 is 0. The molecule has 0 unspecified atom stereocenters. The predicted molar refractivity (Wildman–Crippen MR) is 66.0 cm³/mol. The molecule has 17 heavy (non-hydrogen) atoms. The van der Waals surface area contributed by atoms with Crippen molar-refractivity contribution in [3.05, 3.63) is 0 Å². The van der Waals surface area contributed by atoms with Gasteiger partial charge in [0.1, 0.15) is 0 Å². The first-order valence-electron chi connectivity index (χ1n) is 5.86. The van der Waals surface area contributed by atoms with Crippen LogP contribution in [0.15, 0.2) is 0 Å². The lowest BCUT2D eigenvalue weighted by Gasteiger charge is -2.36. The van der Waals surface area contributed by atoms with Crippen molar-refractivity contribution in [3.8, 4) is 0 Å². The van der Waals surface area contributed by atoms with Gasteiger partial charge in [0.25, 0.3) is 0 Å². The molecule has 104 valence electrons. The van der Waals surface area contributed by atoms with Gasteiger partial charge in [0.2, 0.25) is 0 Å². The van der Waals surface area contributed by atoms with Gasteiger partial charge >= 0.3 is 7.60 Å². The van der Waals surface area contributed by atoms with Gasteiger partial charge in [-0.3, -0.25) is 4.57 Å². The Morgan fingerprint density at radius 3 is 1.76 bits per heavy atom. The second kappa shape index (κ2) is 8.19. The normalized spacial score (nSPS) is 13.0. The van der Waals surface area contributed by atoms with E-state index >= 15 is 0 Å². The van der Waals surface area contributed by atoms with Crippen LogP contribution in [0.4, 0.5) is 0 Å². The van der Waals surface area contributed by atoms with Gasteiger partial charge in [-0.2, -0.15) is 0 Å². The summed E-state index contributed by atoms with van der Waals surface area (Å²) in [5, 5.41) is 16.8. The highest BCUT2D eigenvalue weighted by atomic mass is 31.2. The van der Waals surface area contributed by atoms with Crippen molar-refractivity contribution in [1.29, 1.82) is 0 Å². The molecule has 0 heterocycles. The number of hydrogen-bond acceptors (Lipinski definition) is 6. The summed E-state index contributed by atoms with van der Waals surface area (Å²) in [5.41, 5.74) is 5.70. The third kappa shape index (κ3) is 4.02. The van der Waals surface area contributed by atoms with Gasteiger partial charge in [-0.05, 0) is 12.8 Å². The largest absolute Gasteiger partial charge is 0.394 e. The fraction of sp³-hybridized carbons (Fsp3) is 1.00. The van der Waals surface area contributed by atoms with Crippen molar-refractivity contribution in [3.63, 3.8) is 0 Å². The van der Waals surface area contributed by atoms with Crippen LogP contribution in [-0.2, 0) is 13.6 Å². The molecule has 0 aromatic carbocycles. The van der Waals surface area contributed by atoms with Gasteiger partial charge < -0.3 is 25.0 Å². The second-order valence-electron chi connectivity index (χ2n) is 3.75. The van der Waals surface area contributed by atoms with Gasteiger partial charge in [0, 0.05) is 6.54 Å². The zero-order valence-corrected chi connectivity index (χ0v) is 11.5. The lowest BCUT2D eigenvalue weighted by Crippen LogP contribution is -2.38. The van der Waals surface area contributed by atoms with Crippen LogP contribution < -0.4 is 5.73 Å². The molecule has 0 bridgehead atoms. The summed E-state index contributed by atoms with van der Waals surface area (Å²) < 4.78 is 23.1. The highest BCUT2D eigenvalue weighted by Crippen LogP contribution is 2.62. The zero-order chi connectivity index (χ0) is 13.4. The number of aliphatic hydroxyl groups is 2. The molecule has 0 rings (SSSR count). The van der Waals surface area contributed by atoms with Gasteiger partial charge in [0.15, 0.2) is 0 Å². The van der Waals surface area contributed by atoms with Gasteiger partial charge in [-0.25, -0.2) is 0 Å². The van der Waals surface area contributed by atoms with Gasteiger partial charge in [-0.15, -0.1) is 0 Å². The maximum atomic E-state index is 12.7. The van der Waals surface area contributed by atoms with E-state index in [-0.39, 0.29) is 33.0 Å². The van der Waals surface area contributed by atoms with Crippen LogP contribution in [-0.4, -0.2) is 48.3 Å². The topological polar surface area (TPSA) is 102 Å². The molecule has 0 saturated heterocycles. The van der Waals surface area contributed by atoms with E-state index in [1.54, 1.807) is 0 Å². The number of nitrogens with two attached hydrogens (primary N) is 1. The maximum Gasteiger partial charge on any atom is 0.338 e. The number of aliphatic hydroxyl groups excluding tert-OH is 2. The van der Waals surface area contributed by atoms with E-state index in [0.717, 1.165) is 0 Å². The molecule has 0 amide bonds. The van der Waals surface area contributed by atoms with Crippen molar-refractivity contribution in [2.45, 2.75) is 31.8 Å². The third-order valence-electron chi connectivity index (χ3n) is 2.98. The fourth-order valence-electron chi connectivity index (χ4n) is 1.67. The molecule has 0 aliphatic rings. The molecule has 7 heteroatoms. The molecule has 0 radical (unpaired) electrons. The minimum Gasteiger partial charge on any atom is -0.394 e. The first-order valence-corrected chi connectivity index (χ1v) is 7.41. The summed E-state index contributed by atoms with van der Waals surface area (Å²) in [6, 6.07) is 0. The standard InChI is InChI=1S/C10H24NO5P/c1-3-10(4-2,9-11)17(14,15-7-5-12)16-8-6-13/h12-13H,3-9,11H2,1-2H3. The Bertz CT molecular complexity index is 225. The average molecular weight is 269 g/mol. The summed E-state index contributed by atoms with van der Waals surface area (Å²) in [5.74, 6) is 0. The molecule has 0 aromatic heterocycles. The van der Waals surface area contributed by atoms with E-state index in [2.05, 4.69) is 0 Å². The number of hydrogen-bond donors (Lipinski definition) is 3. The first kappa shape index (κ1) is 17.0. The summed E-state index contributed by atoms with van der Waals surface area (Å²) in [6.07, 6.45) is 1.10. The Morgan fingerprint density at radius 1 is 1.12 bits per heavy atom. The molecule has 6 nitrogen and oxygen atoms in total. The Labute approximate surface area is 103 Å². The summed E-state index contributed by atoms with van der Waals surface area (Å²) in [4.78, 5) is 0. The van der Waals surface area contributed by atoms with Crippen LogP contribution in [0.2, 0.25) is 0 Å². The molecular formula is C10H24NO5P. The van der Waals surface area contributed by atoms with Crippen LogP contribution >= 0.6 is 7.60 Å². The van der Waals surface area contributed by atoms with Crippen LogP contribution in [0.5, 0.6) is 0 Å². The SMILES string of the molecule is CCC(CC)(CN)P(=O)(OCCO)OCCO. The van der Waals surface area contributed by atoms with E-state index in [1.807, 2.05) is 13.8 Å². The van der Waals surface area contributed by atoms with Crippen molar-refractivity contribution < 1.29 is 23.8 Å². The molecule has 0 aliphatic carbocycles. The van der Waals surface area contributed by atoms with Crippen LogP contribution in [0, 0.1) is 0 Å². The lowest BCUT2D eigenvalue weighted by molar-refractivity contribution is 0.127. The van der Waals surface area contributed by atoms with E-state index in [4.69, 9.17) is 25.0 Å². The van der Waals surface area contributed by atoms with Crippen molar-refractivity contribution >= 4 is 7.60 Å². The molecule has 4 N–H and O–H groups in total. The van der Waals surface area contributed by atoms with E-state index in [9.17, 15) is 4.57 Å². The Balaban J connectivity index is 5.03. The monoisotopic (exact) mass is 269 g/mol. The van der Waals surface area contributed by atoms with Gasteiger partial charge in [-0.1, -0.05) is 13.8 Å². The quantitative estimate of drug-likeness (QED) is 0.505. The fourth-order valence-corrected chi connectivity index (χ4v) is 3.94. The lowest BCUT2D eigenvalue weighted by atomic mass is 10.0. The minimum absolute atomic E-state index is 0.0650. The Morgan fingerprint density at radius 2 is 1.53 bits per heavy atom. The van der Waals surface area contributed by atoms with Crippen LogP contribution in [0.1, 0.15) is 26.7 Å². The first-order chi connectivity index (χ1) is 8.05. The van der Waals surface area contributed by atoms with Gasteiger partial charge in [0.05, 0.1) is 31.6 Å². The third-order valence-corrected chi connectivity index (χ3v) is 6.00. The predicted octanol–water partition coefficient (Wildman–Crippen LogP) is 0.715. The Kier molecular flexibility index (Phi) is 8.20. The highest BCUT2D eigenvalue weighted by Gasteiger charge is 2.47. The van der Waals surface area contributed by atoms with E-state index in [0.29, 0.717) is 12.8 Å². The summed E-state index contributed by atoms with van der Waals surface area (Å²) in [7, 11) is -3.44. The van der Waals surface area contributed by atoms with Crippen LogP contribution in [0.3, 0.4) is 0 Å². The zero-order valence-electron chi connectivity index (χ0n) is 10.6. The van der Waals surface area contributed by atoms with Crippen LogP contribution in [0.25, 0.3) is 0 Å². The van der Waals surface area contributed by atoms with E-state index < -0.39 is 12.8 Å². The van der Waals surface area contributed by atoms with Crippen molar-refractivity contribution in [2.75, 3.05) is 33.0 Å². The van der Waals surface area contributed by atoms with E-state index in [1.165, 1.54) is 0 Å². The van der Waals surface area contributed by atoms with Crippen molar-refractivity contribution in [1.82, 2.24) is 0 Å². The molecule has 0 aromatic rings. The average Bonchev–Trinajstić information content (AvgIpc) is 2.36. The summed E-state index contributed by atoms with van der Waals surface area (Å²) in [6.45, 7) is 3.31. The molecule has 0 atom stereocenters. The second-order valence-corrected chi connectivity index (χ2v) is 6.21. The highest BCUT2D eigenvalue weighted by molar-refractivity contribution is 7.55. The smallest absolute Gasteiger partial charge is 0.338 e. The Hall–Kier alpha value is 0.0300. The molecule has 0 spiro atoms. The molecule has 0 saturated carbocycles. The molecular weight excluding hydrogens is 245 g/mol. The molecule has 0 aliphatic heterocycles. The number of rotatable bonds is 10.